The molecule has 0 aliphatic heterocycles. The summed E-state index contributed by atoms with van der Waals surface area (Å²) in [6.45, 7) is 1.28. The van der Waals surface area contributed by atoms with Crippen molar-refractivity contribution in [3.63, 3.8) is 0 Å². The van der Waals surface area contributed by atoms with Gasteiger partial charge in [0, 0.05) is 22.1 Å². The smallest absolute Gasteiger partial charge is 0.871 e. The monoisotopic (exact) mass is 849 g/mol. The Morgan fingerprint density at radius 2 is 1.29 bits per heavy atom. The molecular weight excluding hydrogens is 824 g/mol. The van der Waals surface area contributed by atoms with Crippen LogP contribution in [0.5, 0.6) is 5.75 Å². The number of hydrogen-bond donors (Lipinski definition) is 4. The number of aryl methyl sites for hydroxylation is 1. The molecule has 58 heavy (non-hydrogen) atoms. The van der Waals surface area contributed by atoms with E-state index in [1.807, 2.05) is 0 Å². The number of hydrogen-bond acceptors (Lipinski definition) is 17. The van der Waals surface area contributed by atoms with Crippen LogP contribution < -0.4 is 116 Å². The molecule has 0 atom stereocenters. The van der Waals surface area contributed by atoms with E-state index in [1.54, 1.807) is 19.1 Å². The third-order valence-electron chi connectivity index (χ3n) is 8.04. The minimum Gasteiger partial charge on any atom is -0.871 e. The third-order valence-corrected chi connectivity index (χ3v) is 9.74. The number of carbonyl (C=O) groups is 1. The van der Waals surface area contributed by atoms with Crippen LogP contribution in [0, 0.1) is 6.92 Å². The summed E-state index contributed by atoms with van der Waals surface area (Å²) in [7, 11) is -9.64. The van der Waals surface area contributed by atoms with E-state index < -0.39 is 54.0 Å². The molecule has 0 aromatic heterocycles. The number of nitrogens with two attached hydrogens (primary N) is 2. The van der Waals surface area contributed by atoms with Gasteiger partial charge in [-0.25, -0.2) is 8.42 Å². The van der Waals surface area contributed by atoms with Crippen LogP contribution in [0.3, 0.4) is 0 Å². The number of azo groups is 3. The van der Waals surface area contributed by atoms with E-state index in [1.165, 1.54) is 60.7 Å². The maximum atomic E-state index is 13.6. The molecule has 0 radical (unpaired) electrons. The summed E-state index contributed by atoms with van der Waals surface area (Å²) in [5, 5.41) is 52.5. The molecule has 18 nitrogen and oxygen atoms in total. The number of benzene rings is 6. The predicted molar refractivity (Wildman–Crippen MR) is 198 cm³/mol. The van der Waals surface area contributed by atoms with Gasteiger partial charge < -0.3 is 36.3 Å². The minimum absolute atomic E-state index is 0. The summed E-state index contributed by atoms with van der Waals surface area (Å²) < 4.78 is 68.9. The van der Waals surface area contributed by atoms with E-state index in [-0.39, 0.29) is 128 Å². The molecule has 6 rings (SSSR count). The maximum absolute atomic E-state index is 13.6. The Hall–Kier alpha value is -3.87. The molecule has 6 aromatic carbocycles. The zero-order valence-corrected chi connectivity index (χ0v) is 38.9. The van der Waals surface area contributed by atoms with Gasteiger partial charge in [-0.15, -0.1) is 15.3 Å². The zero-order chi connectivity index (χ0) is 39.7. The minimum atomic E-state index is -4.93. The first kappa shape index (κ1) is 48.5. The molecule has 0 unspecified atom stereocenters. The molecule has 0 spiro atoms. The number of nitrogens with one attached hydrogen (secondary N) is 1. The number of aliphatic carboxylic acids is 1. The molecule has 23 heteroatoms. The summed E-state index contributed by atoms with van der Waals surface area (Å²) in [6, 6.07) is 21.1. The molecule has 6 N–H and O–H groups in total. The van der Waals surface area contributed by atoms with E-state index >= 15 is 0 Å². The van der Waals surface area contributed by atoms with Gasteiger partial charge >= 0.3 is 88.7 Å². The predicted octanol–water partition coefficient (Wildman–Crippen LogP) is -2.89. The Morgan fingerprint density at radius 1 is 0.690 bits per heavy atom. The van der Waals surface area contributed by atoms with Gasteiger partial charge in [-0.05, 0) is 102 Å². The fraction of sp³-hybridized carbons (Fsp3) is 0.0571. The standard InChI is InChI=1S/C35H29N9O9S2.3Na/c1-18-12-31(28(37)16-30(18)38-17-33(45)46)43-41-22-3-2-19-13-32(55(51,52)53)34(35(47)25(19)14-22)44-40-21-6-4-20(5-7-21)39-42-29-11-10-27(36)26-15-23(54(48,49)50)8-9-24(26)29;;;/h2-16,38,47H,17,36-37H2,1H3,(H,45,46)(H,48,49,50)(H,51,52,53);;;/q;3*+1/p-3. The van der Waals surface area contributed by atoms with Gasteiger partial charge in [0.05, 0.1) is 51.5 Å². The molecule has 0 amide bonds. The fourth-order valence-electron chi connectivity index (χ4n) is 5.32. The first-order chi connectivity index (χ1) is 26.0. The second-order valence-electron chi connectivity index (χ2n) is 11.8. The van der Waals surface area contributed by atoms with Gasteiger partial charge in [0.25, 0.3) is 10.1 Å². The summed E-state index contributed by atoms with van der Waals surface area (Å²) in [4.78, 5) is 9.59. The van der Waals surface area contributed by atoms with Gasteiger partial charge in [0.15, 0.2) is 0 Å². The molecule has 0 aliphatic rings. The van der Waals surface area contributed by atoms with Crippen LogP contribution >= 0.6 is 0 Å². The van der Waals surface area contributed by atoms with Crippen molar-refractivity contribution in [1.29, 1.82) is 0 Å². The van der Waals surface area contributed by atoms with E-state index in [4.69, 9.17) is 11.5 Å². The maximum Gasteiger partial charge on any atom is 1.00 e. The van der Waals surface area contributed by atoms with Crippen LogP contribution in [0.1, 0.15) is 5.56 Å². The van der Waals surface area contributed by atoms with Crippen LogP contribution in [-0.2, 0) is 25.0 Å². The van der Waals surface area contributed by atoms with Crippen LogP contribution in [0.2, 0.25) is 0 Å². The zero-order valence-electron chi connectivity index (χ0n) is 31.2. The normalized spacial score (nSPS) is 11.8. The van der Waals surface area contributed by atoms with Gasteiger partial charge in [0.2, 0.25) is 0 Å². The third kappa shape index (κ3) is 11.4. The number of rotatable bonds is 11. The average molecular weight is 850 g/mol. The number of fused-ring (bicyclic) bond motifs is 2. The van der Waals surface area contributed by atoms with Gasteiger partial charge in [-0.3, -0.25) is 4.55 Å². The van der Waals surface area contributed by atoms with Crippen molar-refractivity contribution in [3.8, 4) is 5.75 Å². The molecule has 0 heterocycles. The van der Waals surface area contributed by atoms with Crippen molar-refractivity contribution in [1.82, 2.24) is 0 Å². The van der Waals surface area contributed by atoms with E-state index in [0.717, 1.165) is 18.2 Å². The SMILES string of the molecule is Cc1cc(N=Nc2ccc3cc(S(=O)(=O)O)c(N=Nc4ccc(N=Nc5ccc(N)c6cc(S(=O)(=O)[O-])ccc56)cc4)c([O-])c3c2)c(N)cc1NCC(=O)[O-].[Na+].[Na+].[Na+]. The number of carbonyl (C=O) groups excluding carboxylic acids is 1. The Bertz CT molecular complexity index is 2860. The van der Waals surface area contributed by atoms with E-state index in [0.29, 0.717) is 33.4 Å². The fourth-order valence-corrected chi connectivity index (χ4v) is 6.47. The molecule has 0 aliphatic carbocycles. The van der Waals surface area contributed by atoms with Gasteiger partial charge in [0.1, 0.15) is 20.7 Å². The number of anilines is 3. The van der Waals surface area contributed by atoms with E-state index in [9.17, 15) is 40.9 Å². The summed E-state index contributed by atoms with van der Waals surface area (Å²) in [6.07, 6.45) is 0. The first-order valence-electron chi connectivity index (χ1n) is 15.7. The second-order valence-corrected chi connectivity index (χ2v) is 14.6. The van der Waals surface area contributed by atoms with E-state index in [2.05, 4.69) is 36.0 Å². The molecule has 0 bridgehead atoms. The topological polar surface area (TPSA) is 313 Å². The van der Waals surface area contributed by atoms with Crippen molar-refractivity contribution in [2.45, 2.75) is 16.7 Å². The molecule has 6 aromatic rings. The average Bonchev–Trinajstić information content (AvgIpc) is 3.13. The second kappa shape index (κ2) is 19.9. The Morgan fingerprint density at radius 3 is 1.91 bits per heavy atom. The van der Waals surface area contributed by atoms with Gasteiger partial charge in [-0.2, -0.15) is 23.8 Å². The number of carboxylic acids is 1. The van der Waals surface area contributed by atoms with Crippen molar-refractivity contribution < 1.29 is 130 Å². The summed E-state index contributed by atoms with van der Waals surface area (Å²) in [5.41, 5.74) is 14.2. The van der Waals surface area contributed by atoms with Crippen molar-refractivity contribution in [2.24, 2.45) is 30.7 Å². The quantitative estimate of drug-likeness (QED) is 0.0442. The molecule has 0 saturated carbocycles. The Labute approximate surface area is 397 Å². The number of carboxylic acid groups (broad SMARTS) is 1. The first-order valence-corrected chi connectivity index (χ1v) is 18.6. The molecule has 280 valence electrons. The molecule has 0 fully saturated rings. The summed E-state index contributed by atoms with van der Waals surface area (Å²) in [5.74, 6) is -2.17. The largest absolute Gasteiger partial charge is 1.00 e. The van der Waals surface area contributed by atoms with Crippen LogP contribution in [0.25, 0.3) is 21.5 Å². The van der Waals surface area contributed by atoms with Crippen LogP contribution in [-0.4, -0.2) is 38.5 Å². The van der Waals surface area contributed by atoms with Crippen LogP contribution in [0.4, 0.5) is 51.2 Å². The molecule has 0 saturated heterocycles. The summed E-state index contributed by atoms with van der Waals surface area (Å²) >= 11 is 0. The van der Waals surface area contributed by atoms with Crippen molar-refractivity contribution in [2.75, 3.05) is 23.3 Å². The van der Waals surface area contributed by atoms with Crippen LogP contribution in [0.15, 0.2) is 131 Å². The van der Waals surface area contributed by atoms with Crippen molar-refractivity contribution in [3.05, 3.63) is 96.6 Å². The number of nitrogens with zero attached hydrogens (tertiary/aromatic N) is 6. The Kier molecular flexibility index (Phi) is 16.7. The number of nitrogen functional groups attached to an aromatic ring is 2. The molecular formula is C35H26N9Na3O9S2. The van der Waals surface area contributed by atoms with Crippen molar-refractivity contribution >= 4 is 98.9 Å². The Balaban J connectivity index is 0.00000300. The van der Waals surface area contributed by atoms with Gasteiger partial charge in [-0.1, -0.05) is 17.9 Å².